The Labute approximate surface area is 179 Å². The van der Waals surface area contributed by atoms with Crippen molar-refractivity contribution in [2.24, 2.45) is 0 Å². The standard InChI is InChI=1S/C24H25FN2O2S/c1-16-14-20(18-6-4-3-5-7-18)12-13-26(16)22(28)15-27-23(17(2)30-24(27)29)19-8-10-21(25)11-9-19/h3-11,16,20H,12-15H2,1-2H3. The van der Waals surface area contributed by atoms with Crippen molar-refractivity contribution >= 4 is 17.2 Å². The molecule has 0 spiro atoms. The number of aryl methyl sites for hydroxylation is 1. The zero-order valence-electron chi connectivity index (χ0n) is 17.2. The SMILES string of the molecule is Cc1sc(=O)n(CC(=O)N2CCC(c3ccccc3)CC2C)c1-c1ccc(F)cc1. The van der Waals surface area contributed by atoms with Gasteiger partial charge in [-0.25, -0.2) is 4.39 Å². The molecule has 0 N–H and O–H groups in total. The minimum absolute atomic E-state index is 0.0101. The Morgan fingerprint density at radius 2 is 1.83 bits per heavy atom. The number of halogens is 1. The molecule has 1 aliphatic heterocycles. The molecular weight excluding hydrogens is 399 g/mol. The van der Waals surface area contributed by atoms with Crippen molar-refractivity contribution in [3.8, 4) is 11.3 Å². The Bertz CT molecular complexity index is 1090. The number of hydrogen-bond acceptors (Lipinski definition) is 3. The number of carbonyl (C=O) groups excluding carboxylic acids is 1. The molecule has 2 atom stereocenters. The van der Waals surface area contributed by atoms with E-state index < -0.39 is 0 Å². The highest BCUT2D eigenvalue weighted by Gasteiger charge is 2.30. The zero-order chi connectivity index (χ0) is 21.3. The summed E-state index contributed by atoms with van der Waals surface area (Å²) in [5, 5.41) is 0. The predicted octanol–water partition coefficient (Wildman–Crippen LogP) is 4.82. The maximum absolute atomic E-state index is 13.3. The van der Waals surface area contributed by atoms with Gasteiger partial charge in [-0.05, 0) is 68.0 Å². The molecule has 0 bridgehead atoms. The van der Waals surface area contributed by atoms with Gasteiger partial charge in [0.25, 0.3) is 0 Å². The van der Waals surface area contributed by atoms with Crippen LogP contribution in [-0.2, 0) is 11.3 Å². The molecule has 2 heterocycles. The van der Waals surface area contributed by atoms with Crippen LogP contribution >= 0.6 is 11.3 Å². The molecule has 156 valence electrons. The average molecular weight is 425 g/mol. The third-order valence-corrected chi connectivity index (χ3v) is 6.84. The van der Waals surface area contributed by atoms with Gasteiger partial charge >= 0.3 is 4.87 Å². The van der Waals surface area contributed by atoms with Gasteiger partial charge in [-0.15, -0.1) is 0 Å². The molecule has 30 heavy (non-hydrogen) atoms. The van der Waals surface area contributed by atoms with Gasteiger partial charge < -0.3 is 4.90 Å². The molecule has 4 rings (SSSR count). The van der Waals surface area contributed by atoms with E-state index in [2.05, 4.69) is 31.2 Å². The Morgan fingerprint density at radius 1 is 1.13 bits per heavy atom. The van der Waals surface area contributed by atoms with Gasteiger partial charge in [-0.3, -0.25) is 14.2 Å². The lowest BCUT2D eigenvalue weighted by molar-refractivity contribution is -0.135. The fourth-order valence-corrected chi connectivity index (χ4v) is 5.28. The van der Waals surface area contributed by atoms with Crippen LogP contribution in [0.15, 0.2) is 59.4 Å². The van der Waals surface area contributed by atoms with E-state index >= 15 is 0 Å². The molecule has 1 amide bonds. The fraction of sp³-hybridized carbons (Fsp3) is 0.333. The molecule has 1 saturated heterocycles. The van der Waals surface area contributed by atoms with Crippen LogP contribution in [-0.4, -0.2) is 28.0 Å². The topological polar surface area (TPSA) is 42.3 Å². The number of benzene rings is 2. The van der Waals surface area contributed by atoms with Gasteiger partial charge in [0.2, 0.25) is 5.91 Å². The minimum atomic E-state index is -0.327. The third-order valence-electron chi connectivity index (χ3n) is 5.94. The average Bonchev–Trinajstić information content (AvgIpc) is 3.02. The molecular formula is C24H25FN2O2S. The Morgan fingerprint density at radius 3 is 2.50 bits per heavy atom. The lowest BCUT2D eigenvalue weighted by Gasteiger charge is -2.38. The van der Waals surface area contributed by atoms with Crippen LogP contribution in [0.2, 0.25) is 0 Å². The molecule has 1 aliphatic rings. The van der Waals surface area contributed by atoms with E-state index in [0.29, 0.717) is 18.2 Å². The number of hydrogen-bond donors (Lipinski definition) is 0. The second-order valence-corrected chi connectivity index (χ2v) is 9.10. The van der Waals surface area contributed by atoms with Crippen LogP contribution in [0, 0.1) is 12.7 Å². The van der Waals surface area contributed by atoms with E-state index in [1.807, 2.05) is 17.9 Å². The van der Waals surface area contributed by atoms with Crippen LogP contribution < -0.4 is 4.87 Å². The highest BCUT2D eigenvalue weighted by Crippen LogP contribution is 2.32. The van der Waals surface area contributed by atoms with Gasteiger partial charge in [-0.1, -0.05) is 41.7 Å². The lowest BCUT2D eigenvalue weighted by Crippen LogP contribution is -2.46. The minimum Gasteiger partial charge on any atom is -0.338 e. The first kappa shape index (κ1) is 20.5. The quantitative estimate of drug-likeness (QED) is 0.603. The van der Waals surface area contributed by atoms with Gasteiger partial charge in [0.15, 0.2) is 0 Å². The maximum atomic E-state index is 13.3. The van der Waals surface area contributed by atoms with E-state index in [1.165, 1.54) is 22.3 Å². The first-order valence-corrected chi connectivity index (χ1v) is 11.1. The predicted molar refractivity (Wildman–Crippen MR) is 118 cm³/mol. The second-order valence-electron chi connectivity index (χ2n) is 7.93. The third kappa shape index (κ3) is 4.10. The van der Waals surface area contributed by atoms with E-state index in [0.717, 1.165) is 34.6 Å². The van der Waals surface area contributed by atoms with Gasteiger partial charge in [-0.2, -0.15) is 0 Å². The smallest absolute Gasteiger partial charge is 0.308 e. The summed E-state index contributed by atoms with van der Waals surface area (Å²) in [4.78, 5) is 28.3. The van der Waals surface area contributed by atoms with E-state index in [-0.39, 0.29) is 29.2 Å². The number of thiazole rings is 1. The molecule has 2 unspecified atom stereocenters. The molecule has 0 saturated carbocycles. The number of likely N-dealkylation sites (tertiary alicyclic amines) is 1. The summed E-state index contributed by atoms with van der Waals surface area (Å²) in [5.74, 6) is 0.0788. The van der Waals surface area contributed by atoms with Crippen LogP contribution in [0.5, 0.6) is 0 Å². The van der Waals surface area contributed by atoms with Crippen molar-refractivity contribution in [1.29, 1.82) is 0 Å². The summed E-state index contributed by atoms with van der Waals surface area (Å²) in [6.45, 7) is 4.63. The molecule has 6 heteroatoms. The van der Waals surface area contributed by atoms with Gasteiger partial charge in [0.05, 0.1) is 5.69 Å². The number of carbonyl (C=O) groups is 1. The second kappa shape index (κ2) is 8.56. The number of amides is 1. The summed E-state index contributed by atoms with van der Waals surface area (Å²) in [5.41, 5.74) is 2.76. The van der Waals surface area contributed by atoms with Crippen molar-refractivity contribution in [2.75, 3.05) is 6.54 Å². The number of aromatic nitrogens is 1. The molecule has 0 aliphatic carbocycles. The van der Waals surface area contributed by atoms with Crippen molar-refractivity contribution < 1.29 is 9.18 Å². The fourth-order valence-electron chi connectivity index (χ4n) is 4.42. The summed E-state index contributed by atoms with van der Waals surface area (Å²) in [6.07, 6.45) is 1.83. The number of rotatable bonds is 4. The van der Waals surface area contributed by atoms with Crippen LogP contribution in [0.25, 0.3) is 11.3 Å². The van der Waals surface area contributed by atoms with Crippen molar-refractivity contribution in [1.82, 2.24) is 9.47 Å². The number of nitrogens with zero attached hydrogens (tertiary/aromatic N) is 2. The van der Waals surface area contributed by atoms with Crippen LogP contribution in [0.1, 0.15) is 36.1 Å². The largest absolute Gasteiger partial charge is 0.338 e. The summed E-state index contributed by atoms with van der Waals surface area (Å²) >= 11 is 1.12. The van der Waals surface area contributed by atoms with Gasteiger partial charge in [0.1, 0.15) is 12.4 Å². The first-order valence-electron chi connectivity index (χ1n) is 10.2. The van der Waals surface area contributed by atoms with Crippen LogP contribution in [0.4, 0.5) is 4.39 Å². The molecule has 1 aromatic heterocycles. The highest BCUT2D eigenvalue weighted by atomic mass is 32.1. The van der Waals surface area contributed by atoms with Crippen molar-refractivity contribution in [3.63, 3.8) is 0 Å². The molecule has 0 radical (unpaired) electrons. The van der Waals surface area contributed by atoms with Crippen molar-refractivity contribution in [3.05, 3.63) is 80.5 Å². The Kier molecular flexibility index (Phi) is 5.86. The molecule has 2 aromatic carbocycles. The molecule has 4 nitrogen and oxygen atoms in total. The van der Waals surface area contributed by atoms with E-state index in [1.54, 1.807) is 12.1 Å². The summed E-state index contributed by atoms with van der Waals surface area (Å²) in [7, 11) is 0. The summed E-state index contributed by atoms with van der Waals surface area (Å²) < 4.78 is 14.9. The van der Waals surface area contributed by atoms with Gasteiger partial charge in [0, 0.05) is 17.5 Å². The number of piperidine rings is 1. The van der Waals surface area contributed by atoms with E-state index in [4.69, 9.17) is 0 Å². The molecule has 3 aromatic rings. The highest BCUT2D eigenvalue weighted by molar-refractivity contribution is 7.09. The lowest BCUT2D eigenvalue weighted by atomic mass is 9.86. The molecule has 1 fully saturated rings. The normalized spacial score (nSPS) is 19.1. The summed E-state index contributed by atoms with van der Waals surface area (Å²) in [6, 6.07) is 16.6. The zero-order valence-corrected chi connectivity index (χ0v) is 18.0. The van der Waals surface area contributed by atoms with Crippen molar-refractivity contribution in [2.45, 2.75) is 45.2 Å². The Balaban J connectivity index is 1.52. The van der Waals surface area contributed by atoms with E-state index in [9.17, 15) is 14.0 Å². The Hall–Kier alpha value is -2.73. The monoisotopic (exact) mass is 424 g/mol. The van der Waals surface area contributed by atoms with Crippen LogP contribution in [0.3, 0.4) is 0 Å². The first-order chi connectivity index (χ1) is 14.4. The maximum Gasteiger partial charge on any atom is 0.308 e.